The average Bonchev–Trinajstić information content (AvgIpc) is 2.89. The van der Waals surface area contributed by atoms with Gasteiger partial charge in [-0.3, -0.25) is 0 Å². The number of hydrogen-bond acceptors (Lipinski definition) is 6. The molecule has 1 atom stereocenters. The third kappa shape index (κ3) is 4.51. The fraction of sp³-hybridized carbons (Fsp3) is 0.400. The Kier molecular flexibility index (Phi) is 6.68. The first-order valence-electron chi connectivity index (χ1n) is 6.94. The predicted octanol–water partition coefficient (Wildman–Crippen LogP) is 2.47. The molecular weight excluding hydrogens is 324 g/mol. The van der Waals surface area contributed by atoms with Crippen LogP contribution in [0.1, 0.15) is 25.5 Å². The lowest BCUT2D eigenvalue weighted by Gasteiger charge is -2.15. The van der Waals surface area contributed by atoms with Gasteiger partial charge < -0.3 is 30.0 Å². The van der Waals surface area contributed by atoms with Crippen LogP contribution >= 0.6 is 12.4 Å². The van der Waals surface area contributed by atoms with Gasteiger partial charge in [0.15, 0.2) is 0 Å². The number of fused-ring (bicyclic) bond motifs is 1. The van der Waals surface area contributed by atoms with Gasteiger partial charge in [0.2, 0.25) is 5.88 Å². The van der Waals surface area contributed by atoms with E-state index in [4.69, 9.17) is 4.74 Å². The number of phenolic OH excluding ortho intramolecular Hbond substituents is 1. The van der Waals surface area contributed by atoms with E-state index < -0.39 is 12.3 Å². The fourth-order valence-electron chi connectivity index (χ4n) is 2.14. The molecule has 4 N–H and O–H groups in total. The zero-order valence-electron chi connectivity index (χ0n) is 13.1. The Bertz CT molecular complexity index is 671. The van der Waals surface area contributed by atoms with Gasteiger partial charge in [0.25, 0.3) is 0 Å². The highest BCUT2D eigenvalue weighted by atomic mass is 35.5. The number of nitrogens with one attached hydrogen (secondary N) is 2. The number of carbonyl (C=O) groups is 1. The van der Waals surface area contributed by atoms with Gasteiger partial charge in [-0.25, -0.2) is 4.79 Å². The van der Waals surface area contributed by atoms with Crippen molar-refractivity contribution in [2.45, 2.75) is 26.0 Å². The van der Waals surface area contributed by atoms with E-state index in [0.717, 1.165) is 0 Å². The monoisotopic (exact) mass is 344 g/mol. The number of carbonyl (C=O) groups excluding carboxylic acids is 1. The van der Waals surface area contributed by atoms with E-state index in [9.17, 15) is 15.0 Å². The first-order chi connectivity index (χ1) is 10.4. The number of rotatable bonds is 5. The Hall–Kier alpha value is -1.96. The summed E-state index contributed by atoms with van der Waals surface area (Å²) >= 11 is 0. The van der Waals surface area contributed by atoms with Crippen LogP contribution in [0.5, 0.6) is 11.6 Å². The molecule has 0 saturated carbocycles. The maximum atomic E-state index is 11.2. The summed E-state index contributed by atoms with van der Waals surface area (Å²) in [5, 5.41) is 23.9. The number of ether oxygens (including phenoxy) is 2. The van der Waals surface area contributed by atoms with Crippen LogP contribution in [-0.4, -0.2) is 41.0 Å². The van der Waals surface area contributed by atoms with Crippen LogP contribution in [-0.2, 0) is 4.74 Å². The summed E-state index contributed by atoms with van der Waals surface area (Å²) in [7, 11) is 1.20. The van der Waals surface area contributed by atoms with Gasteiger partial charge in [0.05, 0.1) is 18.7 Å². The number of methoxy groups -OCH3 is 1. The molecule has 0 bridgehead atoms. The SMILES string of the molecule is COC(=O)Oc1cc2c(C(O)CNC(C)C)ccc(O)c2[nH]1.Cl. The fourth-order valence-corrected chi connectivity index (χ4v) is 2.14. The molecule has 0 saturated heterocycles. The first-order valence-corrected chi connectivity index (χ1v) is 6.94. The number of aromatic nitrogens is 1. The zero-order chi connectivity index (χ0) is 16.3. The van der Waals surface area contributed by atoms with Crippen LogP contribution in [0.4, 0.5) is 4.79 Å². The standard InChI is InChI=1S/C15H20N2O5.ClH/c1-8(2)16-7-12(19)9-4-5-11(18)14-10(9)6-13(17-14)22-15(20)21-3;/h4-6,8,12,16-19H,7H2,1-3H3;1H. The second kappa shape index (κ2) is 8.05. The lowest BCUT2D eigenvalue weighted by molar-refractivity contribution is 0.120. The largest absolute Gasteiger partial charge is 0.514 e. The topological polar surface area (TPSA) is 104 Å². The van der Waals surface area contributed by atoms with E-state index in [1.54, 1.807) is 12.1 Å². The van der Waals surface area contributed by atoms with Crippen molar-refractivity contribution in [3.05, 3.63) is 23.8 Å². The number of phenols is 1. The zero-order valence-corrected chi connectivity index (χ0v) is 13.9. The van der Waals surface area contributed by atoms with E-state index >= 15 is 0 Å². The minimum Gasteiger partial charge on any atom is -0.506 e. The first kappa shape index (κ1) is 19.1. The number of aliphatic hydroxyl groups is 1. The maximum absolute atomic E-state index is 11.2. The highest BCUT2D eigenvalue weighted by molar-refractivity contribution is 5.90. The second-order valence-corrected chi connectivity index (χ2v) is 5.23. The van der Waals surface area contributed by atoms with Crippen LogP contribution in [0.2, 0.25) is 0 Å². The van der Waals surface area contributed by atoms with E-state index in [0.29, 0.717) is 23.0 Å². The van der Waals surface area contributed by atoms with Gasteiger partial charge in [-0.15, -0.1) is 12.4 Å². The van der Waals surface area contributed by atoms with E-state index in [2.05, 4.69) is 15.0 Å². The third-order valence-corrected chi connectivity index (χ3v) is 3.22. The van der Waals surface area contributed by atoms with Crippen LogP contribution in [0.3, 0.4) is 0 Å². The van der Waals surface area contributed by atoms with E-state index in [1.807, 2.05) is 13.8 Å². The Balaban J connectivity index is 0.00000264. The summed E-state index contributed by atoms with van der Waals surface area (Å²) < 4.78 is 9.33. The Morgan fingerprint density at radius 3 is 2.70 bits per heavy atom. The predicted molar refractivity (Wildman–Crippen MR) is 88.3 cm³/mol. The number of halogens is 1. The summed E-state index contributed by atoms with van der Waals surface area (Å²) in [4.78, 5) is 13.9. The van der Waals surface area contributed by atoms with Crippen LogP contribution in [0.25, 0.3) is 10.9 Å². The molecule has 0 spiro atoms. The molecule has 0 fully saturated rings. The maximum Gasteiger partial charge on any atom is 0.514 e. The lowest BCUT2D eigenvalue weighted by atomic mass is 10.0. The number of aliphatic hydroxyl groups excluding tert-OH is 1. The smallest absolute Gasteiger partial charge is 0.506 e. The van der Waals surface area contributed by atoms with Gasteiger partial charge in [0, 0.05) is 24.0 Å². The van der Waals surface area contributed by atoms with Gasteiger partial charge in [0.1, 0.15) is 5.75 Å². The molecule has 2 rings (SSSR count). The molecule has 1 unspecified atom stereocenters. The summed E-state index contributed by atoms with van der Waals surface area (Å²) in [6.07, 6.45) is -1.62. The lowest BCUT2D eigenvalue weighted by Crippen LogP contribution is -2.27. The second-order valence-electron chi connectivity index (χ2n) is 5.23. The Labute approximate surface area is 140 Å². The number of aromatic amines is 1. The van der Waals surface area contributed by atoms with Crippen molar-refractivity contribution in [2.24, 2.45) is 0 Å². The van der Waals surface area contributed by atoms with Crippen molar-refractivity contribution in [3.8, 4) is 11.6 Å². The summed E-state index contributed by atoms with van der Waals surface area (Å²) in [6.45, 7) is 4.34. The molecule has 1 aromatic carbocycles. The van der Waals surface area contributed by atoms with Crippen molar-refractivity contribution in [2.75, 3.05) is 13.7 Å². The molecule has 0 aliphatic carbocycles. The molecule has 128 valence electrons. The van der Waals surface area contributed by atoms with Crippen molar-refractivity contribution >= 4 is 29.5 Å². The number of benzene rings is 1. The highest BCUT2D eigenvalue weighted by Gasteiger charge is 2.17. The molecule has 23 heavy (non-hydrogen) atoms. The summed E-state index contributed by atoms with van der Waals surface area (Å²) in [6, 6.07) is 4.90. The normalized spacial score (nSPS) is 12.0. The molecule has 0 aliphatic heterocycles. The molecule has 1 heterocycles. The van der Waals surface area contributed by atoms with Gasteiger partial charge in [-0.1, -0.05) is 19.9 Å². The molecular formula is C15H21ClN2O5. The molecule has 7 nitrogen and oxygen atoms in total. The van der Waals surface area contributed by atoms with E-state index in [-0.39, 0.29) is 30.1 Å². The van der Waals surface area contributed by atoms with Gasteiger partial charge in [-0.2, -0.15) is 0 Å². The number of H-pyrrole nitrogens is 1. The molecule has 1 aromatic heterocycles. The minimum absolute atomic E-state index is 0. The van der Waals surface area contributed by atoms with Crippen LogP contribution in [0.15, 0.2) is 18.2 Å². The van der Waals surface area contributed by atoms with Crippen molar-refractivity contribution < 1.29 is 24.5 Å². The Morgan fingerprint density at radius 1 is 1.39 bits per heavy atom. The summed E-state index contributed by atoms with van der Waals surface area (Å²) in [5.41, 5.74) is 1.01. The van der Waals surface area contributed by atoms with Gasteiger partial charge in [-0.05, 0) is 11.6 Å². The highest BCUT2D eigenvalue weighted by Crippen LogP contribution is 2.33. The van der Waals surface area contributed by atoms with Gasteiger partial charge >= 0.3 is 6.16 Å². The van der Waals surface area contributed by atoms with Crippen molar-refractivity contribution in [1.82, 2.24) is 10.3 Å². The van der Waals surface area contributed by atoms with E-state index in [1.165, 1.54) is 13.2 Å². The van der Waals surface area contributed by atoms with Crippen LogP contribution < -0.4 is 10.1 Å². The van der Waals surface area contributed by atoms with Crippen LogP contribution in [0, 0.1) is 0 Å². The number of aromatic hydroxyl groups is 1. The molecule has 0 radical (unpaired) electrons. The Morgan fingerprint density at radius 2 is 2.09 bits per heavy atom. The molecule has 0 amide bonds. The average molecular weight is 345 g/mol. The quantitative estimate of drug-likeness (QED) is 0.621. The molecule has 8 heteroatoms. The van der Waals surface area contributed by atoms with Crippen molar-refractivity contribution in [3.63, 3.8) is 0 Å². The molecule has 0 aliphatic rings. The minimum atomic E-state index is -0.866. The van der Waals surface area contributed by atoms with Crippen molar-refractivity contribution in [1.29, 1.82) is 0 Å². The molecule has 2 aromatic rings. The third-order valence-electron chi connectivity index (χ3n) is 3.22. The number of hydrogen-bond donors (Lipinski definition) is 4. The summed E-state index contributed by atoms with van der Waals surface area (Å²) in [5.74, 6) is 0.135.